The smallest absolute Gasteiger partial charge is 0.253 e. The van der Waals surface area contributed by atoms with Crippen LogP contribution in [0.4, 0.5) is 4.39 Å². The number of halogens is 1. The van der Waals surface area contributed by atoms with Crippen molar-refractivity contribution in [2.75, 3.05) is 33.3 Å². The van der Waals surface area contributed by atoms with Crippen molar-refractivity contribution in [3.05, 3.63) is 65.0 Å². The minimum absolute atomic E-state index is 0.000719. The lowest BCUT2D eigenvalue weighted by atomic mass is 9.95. The Kier molecular flexibility index (Phi) is 7.83. The van der Waals surface area contributed by atoms with Crippen LogP contribution in [-0.4, -0.2) is 60.9 Å². The lowest BCUT2D eigenvalue weighted by Gasteiger charge is -2.35. The first-order valence-corrected chi connectivity index (χ1v) is 12.1. The largest absolute Gasteiger partial charge is 0.494 e. The maximum Gasteiger partial charge on any atom is 0.253 e. The Bertz CT molecular complexity index is 1000. The van der Waals surface area contributed by atoms with E-state index in [2.05, 4.69) is 10.2 Å². The summed E-state index contributed by atoms with van der Waals surface area (Å²) in [5.74, 6) is -0.196. The van der Waals surface area contributed by atoms with Gasteiger partial charge in [0, 0.05) is 44.3 Å². The molecule has 182 valence electrons. The topological polar surface area (TPSA) is 61.9 Å². The third-order valence-electron chi connectivity index (χ3n) is 6.93. The standard InChI is InChI=1S/C27H34FN3O3/c1-19-5-8-21(9-6-19)27(33)31-13-3-4-22(18-31)26(32)29-23-11-14-30(15-12-23)17-20-7-10-25(34-2)24(28)16-20/h5-10,16,22-23H,3-4,11-15,17-18H2,1-2H3,(H,29,32). The number of carbonyl (C=O) groups excluding carboxylic acids is 2. The first-order valence-electron chi connectivity index (χ1n) is 12.1. The second-order valence-electron chi connectivity index (χ2n) is 9.48. The van der Waals surface area contributed by atoms with Crippen LogP contribution >= 0.6 is 0 Å². The second kappa shape index (κ2) is 11.0. The van der Waals surface area contributed by atoms with Crippen LogP contribution in [0.25, 0.3) is 0 Å². The molecular weight excluding hydrogens is 433 g/mol. The minimum Gasteiger partial charge on any atom is -0.494 e. The molecule has 4 rings (SSSR count). The van der Waals surface area contributed by atoms with Gasteiger partial charge in [0.25, 0.3) is 5.91 Å². The number of piperidine rings is 2. The molecule has 1 N–H and O–H groups in total. The monoisotopic (exact) mass is 467 g/mol. The number of benzene rings is 2. The number of hydrogen-bond donors (Lipinski definition) is 1. The number of aryl methyl sites for hydroxylation is 1. The average molecular weight is 468 g/mol. The van der Waals surface area contributed by atoms with Gasteiger partial charge in [-0.3, -0.25) is 14.5 Å². The highest BCUT2D eigenvalue weighted by atomic mass is 19.1. The lowest BCUT2D eigenvalue weighted by Crippen LogP contribution is -2.50. The van der Waals surface area contributed by atoms with Gasteiger partial charge in [-0.2, -0.15) is 0 Å². The molecule has 2 aliphatic rings. The quantitative estimate of drug-likeness (QED) is 0.703. The van der Waals surface area contributed by atoms with Gasteiger partial charge in [0.05, 0.1) is 13.0 Å². The summed E-state index contributed by atoms with van der Waals surface area (Å²) < 4.78 is 18.9. The van der Waals surface area contributed by atoms with Gasteiger partial charge < -0.3 is 15.0 Å². The molecule has 0 spiro atoms. The zero-order valence-corrected chi connectivity index (χ0v) is 20.1. The van der Waals surface area contributed by atoms with Gasteiger partial charge in [0.1, 0.15) is 0 Å². The van der Waals surface area contributed by atoms with Gasteiger partial charge in [0.2, 0.25) is 5.91 Å². The Morgan fingerprint density at radius 2 is 1.79 bits per heavy atom. The van der Waals surface area contributed by atoms with Crippen LogP contribution in [0.1, 0.15) is 47.2 Å². The predicted octanol–water partition coefficient (Wildman–Crippen LogP) is 3.78. The van der Waals surface area contributed by atoms with Crippen molar-refractivity contribution in [1.82, 2.24) is 15.1 Å². The highest BCUT2D eigenvalue weighted by molar-refractivity contribution is 5.94. The molecule has 6 nitrogen and oxygen atoms in total. The van der Waals surface area contributed by atoms with Crippen molar-refractivity contribution in [3.63, 3.8) is 0 Å². The number of amides is 2. The van der Waals surface area contributed by atoms with Crippen LogP contribution in [0.3, 0.4) is 0 Å². The zero-order valence-electron chi connectivity index (χ0n) is 20.1. The maximum atomic E-state index is 14.0. The molecule has 2 fully saturated rings. The van der Waals surface area contributed by atoms with Crippen LogP contribution in [0.5, 0.6) is 5.75 Å². The number of carbonyl (C=O) groups is 2. The van der Waals surface area contributed by atoms with Crippen molar-refractivity contribution in [1.29, 1.82) is 0 Å². The molecule has 2 amide bonds. The predicted molar refractivity (Wildman–Crippen MR) is 129 cm³/mol. The summed E-state index contributed by atoms with van der Waals surface area (Å²) in [6.07, 6.45) is 3.38. The van der Waals surface area contributed by atoms with Gasteiger partial charge in [-0.1, -0.05) is 23.8 Å². The number of nitrogens with one attached hydrogen (secondary N) is 1. The number of ether oxygens (including phenoxy) is 1. The molecule has 1 unspecified atom stereocenters. The van der Waals surface area contributed by atoms with E-state index in [1.165, 1.54) is 13.2 Å². The van der Waals surface area contributed by atoms with Gasteiger partial charge >= 0.3 is 0 Å². The fourth-order valence-corrected chi connectivity index (χ4v) is 4.88. The number of rotatable bonds is 6. The number of nitrogens with zero attached hydrogens (tertiary/aromatic N) is 2. The van der Waals surface area contributed by atoms with Crippen molar-refractivity contribution >= 4 is 11.8 Å². The van der Waals surface area contributed by atoms with E-state index in [9.17, 15) is 14.0 Å². The van der Waals surface area contributed by atoms with Gasteiger partial charge in [-0.25, -0.2) is 4.39 Å². The van der Waals surface area contributed by atoms with Crippen LogP contribution in [0.2, 0.25) is 0 Å². The summed E-state index contributed by atoms with van der Waals surface area (Å²) in [4.78, 5) is 29.9. The van der Waals surface area contributed by atoms with Crippen LogP contribution in [-0.2, 0) is 11.3 Å². The van der Waals surface area contributed by atoms with Crippen molar-refractivity contribution < 1.29 is 18.7 Å². The normalized spacial score (nSPS) is 19.6. The van der Waals surface area contributed by atoms with Gasteiger partial charge in [-0.05, 0) is 62.4 Å². The Balaban J connectivity index is 1.24. The third kappa shape index (κ3) is 5.95. The van der Waals surface area contributed by atoms with Crippen LogP contribution in [0.15, 0.2) is 42.5 Å². The summed E-state index contributed by atoms with van der Waals surface area (Å²) in [5, 5.41) is 3.22. The Hall–Kier alpha value is -2.93. The first-order chi connectivity index (χ1) is 16.4. The van der Waals surface area contributed by atoms with E-state index in [1.54, 1.807) is 6.07 Å². The van der Waals surface area contributed by atoms with Crippen molar-refractivity contribution in [2.45, 2.75) is 45.2 Å². The van der Waals surface area contributed by atoms with E-state index in [1.807, 2.05) is 42.2 Å². The molecule has 0 bridgehead atoms. The molecule has 0 aromatic heterocycles. The highest BCUT2D eigenvalue weighted by Crippen LogP contribution is 2.22. The van der Waals surface area contributed by atoms with Gasteiger partial charge in [0.15, 0.2) is 11.6 Å². The van der Waals surface area contributed by atoms with E-state index in [0.717, 1.165) is 49.9 Å². The summed E-state index contributed by atoms with van der Waals surface area (Å²) in [5.41, 5.74) is 2.71. The molecule has 2 aliphatic heterocycles. The fraction of sp³-hybridized carbons (Fsp3) is 0.481. The molecule has 0 radical (unpaired) electrons. The summed E-state index contributed by atoms with van der Waals surface area (Å²) in [6, 6.07) is 12.8. The number of methoxy groups -OCH3 is 1. The van der Waals surface area contributed by atoms with Crippen LogP contribution in [0, 0.1) is 18.7 Å². The first kappa shape index (κ1) is 24.2. The van der Waals surface area contributed by atoms with E-state index >= 15 is 0 Å². The zero-order chi connectivity index (χ0) is 24.1. The molecule has 34 heavy (non-hydrogen) atoms. The summed E-state index contributed by atoms with van der Waals surface area (Å²) in [6.45, 7) is 5.54. The summed E-state index contributed by atoms with van der Waals surface area (Å²) in [7, 11) is 1.46. The maximum absolute atomic E-state index is 14.0. The third-order valence-corrected chi connectivity index (χ3v) is 6.93. The Morgan fingerprint density at radius 3 is 2.47 bits per heavy atom. The van der Waals surface area contributed by atoms with Gasteiger partial charge in [-0.15, -0.1) is 0 Å². The average Bonchev–Trinajstić information content (AvgIpc) is 2.85. The lowest BCUT2D eigenvalue weighted by molar-refractivity contribution is -0.127. The fourth-order valence-electron chi connectivity index (χ4n) is 4.88. The highest BCUT2D eigenvalue weighted by Gasteiger charge is 2.30. The summed E-state index contributed by atoms with van der Waals surface area (Å²) >= 11 is 0. The van der Waals surface area contributed by atoms with E-state index in [0.29, 0.717) is 25.2 Å². The molecule has 2 aromatic carbocycles. The molecule has 0 saturated carbocycles. The molecule has 1 atom stereocenters. The van der Waals surface area contributed by atoms with Crippen molar-refractivity contribution in [3.8, 4) is 5.75 Å². The molecule has 0 aliphatic carbocycles. The second-order valence-corrected chi connectivity index (χ2v) is 9.48. The number of hydrogen-bond acceptors (Lipinski definition) is 4. The molecule has 2 saturated heterocycles. The molecule has 7 heteroatoms. The minimum atomic E-state index is -0.343. The molecule has 2 aromatic rings. The molecule has 2 heterocycles. The SMILES string of the molecule is COc1ccc(CN2CCC(NC(=O)C3CCCN(C(=O)c4ccc(C)cc4)C3)CC2)cc1F. The van der Waals surface area contributed by atoms with E-state index in [-0.39, 0.29) is 35.3 Å². The van der Waals surface area contributed by atoms with Crippen molar-refractivity contribution in [2.24, 2.45) is 5.92 Å². The van der Waals surface area contributed by atoms with E-state index < -0.39 is 0 Å². The Morgan fingerprint density at radius 1 is 1.06 bits per heavy atom. The number of likely N-dealkylation sites (tertiary alicyclic amines) is 2. The van der Waals surface area contributed by atoms with E-state index in [4.69, 9.17) is 4.74 Å². The molecular formula is C27H34FN3O3. The Labute approximate surface area is 201 Å². The van der Waals surface area contributed by atoms with Crippen LogP contribution < -0.4 is 10.1 Å².